The van der Waals surface area contributed by atoms with E-state index in [9.17, 15) is 4.21 Å². The number of hydrogen-bond donors (Lipinski definition) is 1. The number of hydrogen-bond acceptors (Lipinski definition) is 5. The highest BCUT2D eigenvalue weighted by molar-refractivity contribution is 7.85. The molecular weight excluding hydrogens is 224 g/mol. The summed E-state index contributed by atoms with van der Waals surface area (Å²) in [6, 6.07) is 0. The van der Waals surface area contributed by atoms with Crippen molar-refractivity contribution < 1.29 is 4.21 Å². The predicted octanol–water partition coefficient (Wildman–Crippen LogP) is 0.190. The van der Waals surface area contributed by atoms with Gasteiger partial charge in [-0.3, -0.25) is 4.21 Å². The Labute approximate surface area is 97.5 Å². The van der Waals surface area contributed by atoms with Gasteiger partial charge in [0.05, 0.1) is 0 Å². The molecule has 1 fully saturated rings. The van der Waals surface area contributed by atoms with Crippen LogP contribution in [0.2, 0.25) is 0 Å². The number of aromatic nitrogens is 2. The average molecular weight is 240 g/mol. The summed E-state index contributed by atoms with van der Waals surface area (Å²) in [5, 5.41) is 0. The van der Waals surface area contributed by atoms with Crippen LogP contribution in [0.15, 0.2) is 6.33 Å². The van der Waals surface area contributed by atoms with Crippen molar-refractivity contribution in [1.29, 1.82) is 0 Å². The lowest BCUT2D eigenvalue weighted by Crippen LogP contribution is -2.38. The van der Waals surface area contributed by atoms with Gasteiger partial charge < -0.3 is 10.6 Å². The third-order valence-corrected chi connectivity index (χ3v) is 4.06. The summed E-state index contributed by atoms with van der Waals surface area (Å²) in [7, 11) is -0.665. The third-order valence-electron chi connectivity index (χ3n) is 2.79. The van der Waals surface area contributed by atoms with Gasteiger partial charge in [0.15, 0.2) is 0 Å². The zero-order valence-electron chi connectivity index (χ0n) is 9.35. The van der Waals surface area contributed by atoms with E-state index in [0.29, 0.717) is 17.3 Å². The molecule has 5 nitrogen and oxygen atoms in total. The molecule has 0 unspecified atom stereocenters. The first kappa shape index (κ1) is 11.3. The minimum Gasteiger partial charge on any atom is -0.383 e. The van der Waals surface area contributed by atoms with Gasteiger partial charge in [-0.15, -0.1) is 0 Å². The van der Waals surface area contributed by atoms with Crippen LogP contribution >= 0.6 is 0 Å². The maximum absolute atomic E-state index is 11.3. The second-order valence-corrected chi connectivity index (χ2v) is 5.45. The molecule has 2 rings (SSSR count). The highest BCUT2D eigenvalue weighted by Crippen LogP contribution is 2.22. The van der Waals surface area contributed by atoms with Crippen molar-refractivity contribution in [3.8, 4) is 0 Å². The average Bonchev–Trinajstić information content (AvgIpc) is 2.30. The van der Waals surface area contributed by atoms with E-state index in [1.54, 1.807) is 0 Å². The van der Waals surface area contributed by atoms with E-state index in [2.05, 4.69) is 14.9 Å². The van der Waals surface area contributed by atoms with Gasteiger partial charge in [0.25, 0.3) is 0 Å². The van der Waals surface area contributed by atoms with Gasteiger partial charge in [0.1, 0.15) is 18.0 Å². The van der Waals surface area contributed by atoms with Gasteiger partial charge in [-0.1, -0.05) is 6.92 Å². The van der Waals surface area contributed by atoms with Crippen LogP contribution in [-0.2, 0) is 17.2 Å². The number of nitrogens with zero attached hydrogens (tertiary/aromatic N) is 3. The summed E-state index contributed by atoms with van der Waals surface area (Å²) < 4.78 is 11.3. The number of nitrogens with two attached hydrogens (primary N) is 1. The molecule has 1 saturated heterocycles. The second-order valence-electron chi connectivity index (χ2n) is 3.75. The van der Waals surface area contributed by atoms with Gasteiger partial charge in [0, 0.05) is 41.0 Å². The quantitative estimate of drug-likeness (QED) is 0.799. The van der Waals surface area contributed by atoms with Crippen molar-refractivity contribution in [2.24, 2.45) is 0 Å². The van der Waals surface area contributed by atoms with Crippen molar-refractivity contribution in [2.75, 3.05) is 35.2 Å². The van der Waals surface area contributed by atoms with E-state index >= 15 is 0 Å². The molecule has 6 heteroatoms. The van der Waals surface area contributed by atoms with Crippen molar-refractivity contribution in [3.05, 3.63) is 11.9 Å². The van der Waals surface area contributed by atoms with Gasteiger partial charge in [-0.05, 0) is 6.42 Å². The van der Waals surface area contributed by atoms with Crippen LogP contribution in [0, 0.1) is 0 Å². The Balaban J connectivity index is 2.26. The van der Waals surface area contributed by atoms with Gasteiger partial charge in [-0.2, -0.15) is 0 Å². The van der Waals surface area contributed by atoms with E-state index in [-0.39, 0.29) is 0 Å². The Morgan fingerprint density at radius 2 is 2.12 bits per heavy atom. The number of anilines is 2. The first-order chi connectivity index (χ1) is 7.72. The van der Waals surface area contributed by atoms with E-state index in [1.165, 1.54) is 6.33 Å². The lowest BCUT2D eigenvalue weighted by atomic mass is 10.2. The highest BCUT2D eigenvalue weighted by Gasteiger charge is 2.19. The molecule has 0 atom stereocenters. The minimum atomic E-state index is -0.665. The Morgan fingerprint density at radius 3 is 2.75 bits per heavy atom. The smallest absolute Gasteiger partial charge is 0.137 e. The molecular formula is C10H16N4OS. The van der Waals surface area contributed by atoms with Crippen molar-refractivity contribution in [2.45, 2.75) is 13.3 Å². The van der Waals surface area contributed by atoms with E-state index in [4.69, 9.17) is 5.73 Å². The second kappa shape index (κ2) is 4.78. The van der Waals surface area contributed by atoms with Crippen molar-refractivity contribution in [3.63, 3.8) is 0 Å². The standard InChI is InChI=1S/C10H16N4OS/c1-2-8-9(11)12-7-13-10(8)14-3-5-16(15)6-4-14/h7H,2-6H2,1H3,(H2,11,12,13). The lowest BCUT2D eigenvalue weighted by molar-refractivity contribution is 0.672. The summed E-state index contributed by atoms with van der Waals surface area (Å²) in [4.78, 5) is 10.4. The summed E-state index contributed by atoms with van der Waals surface area (Å²) in [6.45, 7) is 3.62. The van der Waals surface area contributed by atoms with Crippen LogP contribution in [0.25, 0.3) is 0 Å². The maximum Gasteiger partial charge on any atom is 0.137 e. The Hall–Kier alpha value is -1.17. The molecule has 1 aliphatic heterocycles. The van der Waals surface area contributed by atoms with Gasteiger partial charge >= 0.3 is 0 Å². The SMILES string of the molecule is CCc1c(N)ncnc1N1CCS(=O)CC1. The van der Waals surface area contributed by atoms with Crippen LogP contribution in [0.3, 0.4) is 0 Å². The molecule has 0 spiro atoms. The number of rotatable bonds is 2. The molecule has 0 radical (unpaired) electrons. The lowest BCUT2D eigenvalue weighted by Gasteiger charge is -2.29. The topological polar surface area (TPSA) is 72.1 Å². The molecule has 88 valence electrons. The molecule has 0 saturated carbocycles. The molecule has 1 aliphatic rings. The summed E-state index contributed by atoms with van der Waals surface area (Å²) >= 11 is 0. The fourth-order valence-electron chi connectivity index (χ4n) is 1.88. The maximum atomic E-state index is 11.3. The monoisotopic (exact) mass is 240 g/mol. The largest absolute Gasteiger partial charge is 0.383 e. The molecule has 1 aromatic heterocycles. The molecule has 16 heavy (non-hydrogen) atoms. The summed E-state index contributed by atoms with van der Waals surface area (Å²) in [6.07, 6.45) is 2.32. The molecule has 1 aromatic rings. The minimum absolute atomic E-state index is 0.555. The zero-order chi connectivity index (χ0) is 11.5. The molecule has 2 heterocycles. The van der Waals surface area contributed by atoms with Crippen LogP contribution < -0.4 is 10.6 Å². The third kappa shape index (κ3) is 2.16. The normalized spacial score (nSPS) is 17.7. The Kier molecular flexibility index (Phi) is 3.38. The first-order valence-corrected chi connectivity index (χ1v) is 6.90. The van der Waals surface area contributed by atoms with Crippen molar-refractivity contribution >= 4 is 22.4 Å². The molecule has 0 bridgehead atoms. The molecule has 2 N–H and O–H groups in total. The van der Waals surface area contributed by atoms with E-state index in [0.717, 1.165) is 30.9 Å². The van der Waals surface area contributed by atoms with Crippen LogP contribution in [0.5, 0.6) is 0 Å². The van der Waals surface area contributed by atoms with Crippen molar-refractivity contribution in [1.82, 2.24) is 9.97 Å². The van der Waals surface area contributed by atoms with E-state index in [1.807, 2.05) is 6.92 Å². The zero-order valence-corrected chi connectivity index (χ0v) is 10.2. The number of nitrogen functional groups attached to an aromatic ring is 1. The van der Waals surface area contributed by atoms with Crippen LogP contribution in [0.4, 0.5) is 11.6 Å². The Morgan fingerprint density at radius 1 is 1.44 bits per heavy atom. The van der Waals surface area contributed by atoms with Gasteiger partial charge in [-0.25, -0.2) is 9.97 Å². The molecule has 0 amide bonds. The fourth-order valence-corrected chi connectivity index (χ4v) is 2.93. The Bertz CT molecular complexity index is 400. The van der Waals surface area contributed by atoms with Crippen LogP contribution in [-0.4, -0.2) is 38.8 Å². The highest BCUT2D eigenvalue weighted by atomic mass is 32.2. The first-order valence-electron chi connectivity index (χ1n) is 5.41. The van der Waals surface area contributed by atoms with Gasteiger partial charge in [0.2, 0.25) is 0 Å². The molecule has 0 aliphatic carbocycles. The fraction of sp³-hybridized carbons (Fsp3) is 0.600. The van der Waals surface area contributed by atoms with E-state index < -0.39 is 10.8 Å². The van der Waals surface area contributed by atoms with Crippen LogP contribution in [0.1, 0.15) is 12.5 Å². The molecule has 0 aromatic carbocycles. The predicted molar refractivity (Wildman–Crippen MR) is 65.9 cm³/mol. The summed E-state index contributed by atoms with van der Waals surface area (Å²) in [5.74, 6) is 2.89. The summed E-state index contributed by atoms with van der Waals surface area (Å²) in [5.41, 5.74) is 6.82.